The zero-order valence-corrected chi connectivity index (χ0v) is 15.7. The van der Waals surface area contributed by atoms with Crippen molar-refractivity contribution in [1.82, 2.24) is 0 Å². The molecule has 1 N–H and O–H groups in total. The third kappa shape index (κ3) is 4.39. The van der Waals surface area contributed by atoms with E-state index in [-0.39, 0.29) is 24.7 Å². The van der Waals surface area contributed by atoms with Crippen LogP contribution < -0.4 is 14.8 Å². The molecule has 0 unspecified atom stereocenters. The maximum atomic E-state index is 12.3. The van der Waals surface area contributed by atoms with Gasteiger partial charge < -0.3 is 19.5 Å². The van der Waals surface area contributed by atoms with Crippen molar-refractivity contribution in [3.8, 4) is 11.5 Å². The first-order chi connectivity index (χ1) is 12.9. The number of fused-ring (bicyclic) bond motifs is 1. The van der Waals surface area contributed by atoms with E-state index in [4.69, 9.17) is 14.2 Å². The molecule has 1 heterocycles. The van der Waals surface area contributed by atoms with Crippen LogP contribution in [0.25, 0.3) is 0 Å². The second-order valence-electron chi connectivity index (χ2n) is 6.89. The largest absolute Gasteiger partial charge is 0.483 e. The lowest BCUT2D eigenvalue weighted by molar-refractivity contribution is -0.118. The van der Waals surface area contributed by atoms with E-state index < -0.39 is 5.97 Å². The molecule has 6 heteroatoms. The van der Waals surface area contributed by atoms with Crippen LogP contribution in [-0.4, -0.2) is 30.7 Å². The van der Waals surface area contributed by atoms with Gasteiger partial charge in [0.15, 0.2) is 18.1 Å². The van der Waals surface area contributed by atoms with Crippen molar-refractivity contribution in [3.05, 3.63) is 53.6 Å². The van der Waals surface area contributed by atoms with Crippen molar-refractivity contribution >= 4 is 17.6 Å². The Labute approximate surface area is 158 Å². The summed E-state index contributed by atoms with van der Waals surface area (Å²) in [5.74, 6) is 0.363. The molecule has 0 radical (unpaired) electrons. The summed E-state index contributed by atoms with van der Waals surface area (Å²) in [5, 5.41) is 2.70. The van der Waals surface area contributed by atoms with Crippen molar-refractivity contribution in [1.29, 1.82) is 0 Å². The summed E-state index contributed by atoms with van der Waals surface area (Å²) < 4.78 is 16.6. The maximum absolute atomic E-state index is 12.3. The van der Waals surface area contributed by atoms with Crippen LogP contribution in [0, 0.1) is 0 Å². The quantitative estimate of drug-likeness (QED) is 0.788. The van der Waals surface area contributed by atoms with Crippen molar-refractivity contribution in [2.75, 3.05) is 18.5 Å². The van der Waals surface area contributed by atoms with Gasteiger partial charge >= 0.3 is 5.97 Å². The number of esters is 1. The number of amides is 1. The lowest BCUT2D eigenvalue weighted by Gasteiger charge is -2.18. The van der Waals surface area contributed by atoms with E-state index in [1.54, 1.807) is 37.3 Å². The summed E-state index contributed by atoms with van der Waals surface area (Å²) in [5.41, 5.74) is 1.46. The molecule has 1 aliphatic rings. The number of anilines is 1. The van der Waals surface area contributed by atoms with Crippen LogP contribution in [-0.2, 0) is 16.0 Å². The van der Waals surface area contributed by atoms with Crippen LogP contribution in [0.1, 0.15) is 36.7 Å². The SMILES string of the molecule is CCOC(=O)c1ccccc1NC(=O)COc1cccc2c1OC(C)(C)C2. The van der Waals surface area contributed by atoms with E-state index in [0.717, 1.165) is 12.0 Å². The fourth-order valence-corrected chi connectivity index (χ4v) is 3.01. The van der Waals surface area contributed by atoms with Gasteiger partial charge in [-0.25, -0.2) is 4.79 Å². The van der Waals surface area contributed by atoms with Gasteiger partial charge in [0.05, 0.1) is 17.9 Å². The Morgan fingerprint density at radius 1 is 1.15 bits per heavy atom. The highest BCUT2D eigenvalue weighted by Gasteiger charge is 2.32. The Balaban J connectivity index is 1.66. The van der Waals surface area contributed by atoms with E-state index in [0.29, 0.717) is 22.7 Å². The predicted octanol–water partition coefficient (Wildman–Crippen LogP) is 3.59. The number of carbonyl (C=O) groups excluding carboxylic acids is 2. The van der Waals surface area contributed by atoms with Crippen molar-refractivity contribution < 1.29 is 23.8 Å². The minimum absolute atomic E-state index is 0.197. The molecule has 0 saturated heterocycles. The van der Waals surface area contributed by atoms with Crippen molar-refractivity contribution in [2.45, 2.75) is 32.8 Å². The first kappa shape index (κ1) is 18.8. The second kappa shape index (κ2) is 7.70. The van der Waals surface area contributed by atoms with Crippen LogP contribution in [0.4, 0.5) is 5.69 Å². The molecule has 2 aromatic carbocycles. The summed E-state index contributed by atoms with van der Waals surface area (Å²) in [6, 6.07) is 12.4. The maximum Gasteiger partial charge on any atom is 0.340 e. The third-order valence-corrected chi connectivity index (χ3v) is 4.11. The van der Waals surface area contributed by atoms with Crippen molar-refractivity contribution in [3.63, 3.8) is 0 Å². The second-order valence-corrected chi connectivity index (χ2v) is 6.89. The number of benzene rings is 2. The minimum Gasteiger partial charge on any atom is -0.483 e. The Bertz CT molecular complexity index is 859. The van der Waals surface area contributed by atoms with Crippen molar-refractivity contribution in [2.24, 2.45) is 0 Å². The van der Waals surface area contributed by atoms with Crippen LogP contribution >= 0.6 is 0 Å². The third-order valence-electron chi connectivity index (χ3n) is 4.11. The molecule has 3 rings (SSSR count). The summed E-state index contributed by atoms with van der Waals surface area (Å²) in [7, 11) is 0. The molecule has 1 amide bonds. The number of para-hydroxylation sites is 2. The van der Waals surface area contributed by atoms with Gasteiger partial charge in [-0.2, -0.15) is 0 Å². The zero-order chi connectivity index (χ0) is 19.4. The average molecular weight is 369 g/mol. The first-order valence-corrected chi connectivity index (χ1v) is 8.89. The molecule has 27 heavy (non-hydrogen) atoms. The van der Waals surface area contributed by atoms with Gasteiger partial charge in [-0.15, -0.1) is 0 Å². The number of carbonyl (C=O) groups is 2. The van der Waals surface area contributed by atoms with Crippen LogP contribution in [0.15, 0.2) is 42.5 Å². The Morgan fingerprint density at radius 3 is 2.70 bits per heavy atom. The smallest absolute Gasteiger partial charge is 0.340 e. The van der Waals surface area contributed by atoms with Gasteiger partial charge in [0.1, 0.15) is 5.60 Å². The molecule has 0 aliphatic carbocycles. The van der Waals surface area contributed by atoms with E-state index in [2.05, 4.69) is 5.32 Å². The van der Waals surface area contributed by atoms with Gasteiger partial charge in [-0.1, -0.05) is 24.3 Å². The Hall–Kier alpha value is -3.02. The molecule has 0 fully saturated rings. The van der Waals surface area contributed by atoms with E-state index >= 15 is 0 Å². The molecule has 0 bridgehead atoms. The normalized spacial score (nSPS) is 14.0. The highest BCUT2D eigenvalue weighted by Crippen LogP contribution is 2.41. The lowest BCUT2D eigenvalue weighted by Crippen LogP contribution is -2.25. The zero-order valence-electron chi connectivity index (χ0n) is 15.7. The van der Waals surface area contributed by atoms with Crippen LogP contribution in [0.2, 0.25) is 0 Å². The highest BCUT2D eigenvalue weighted by molar-refractivity contribution is 6.01. The standard InChI is InChI=1S/C21H23NO5/c1-4-25-20(24)15-9-5-6-10-16(15)22-18(23)13-26-17-11-7-8-14-12-21(2,3)27-19(14)17/h5-11H,4,12-13H2,1-3H3,(H,22,23). The number of hydrogen-bond donors (Lipinski definition) is 1. The molecule has 0 atom stereocenters. The fourth-order valence-electron chi connectivity index (χ4n) is 3.01. The summed E-state index contributed by atoms with van der Waals surface area (Å²) >= 11 is 0. The van der Waals surface area contributed by atoms with E-state index in [9.17, 15) is 9.59 Å². The number of nitrogens with one attached hydrogen (secondary N) is 1. The molecule has 2 aromatic rings. The first-order valence-electron chi connectivity index (χ1n) is 8.89. The van der Waals surface area contributed by atoms with Crippen LogP contribution in [0.3, 0.4) is 0 Å². The Morgan fingerprint density at radius 2 is 1.93 bits per heavy atom. The molecule has 6 nitrogen and oxygen atoms in total. The summed E-state index contributed by atoms with van der Waals surface area (Å²) in [6.07, 6.45) is 0.790. The molecular formula is C21H23NO5. The van der Waals surface area contributed by atoms with Gasteiger partial charge in [0.2, 0.25) is 0 Å². The van der Waals surface area contributed by atoms with Gasteiger partial charge in [-0.3, -0.25) is 4.79 Å². The molecule has 0 aromatic heterocycles. The summed E-state index contributed by atoms with van der Waals surface area (Å²) in [6.45, 7) is 5.82. The minimum atomic E-state index is -0.481. The topological polar surface area (TPSA) is 73.9 Å². The van der Waals surface area contributed by atoms with Gasteiger partial charge in [0, 0.05) is 12.0 Å². The van der Waals surface area contributed by atoms with E-state index in [1.165, 1.54) is 0 Å². The Kier molecular flexibility index (Phi) is 5.35. The van der Waals surface area contributed by atoms with Gasteiger partial charge in [-0.05, 0) is 39.0 Å². The monoisotopic (exact) mass is 369 g/mol. The lowest BCUT2D eigenvalue weighted by atomic mass is 10.0. The predicted molar refractivity (Wildman–Crippen MR) is 101 cm³/mol. The van der Waals surface area contributed by atoms with E-state index in [1.807, 2.05) is 26.0 Å². The number of ether oxygens (including phenoxy) is 3. The van der Waals surface area contributed by atoms with Crippen LogP contribution in [0.5, 0.6) is 11.5 Å². The molecule has 0 saturated carbocycles. The molecule has 142 valence electrons. The molecular weight excluding hydrogens is 346 g/mol. The highest BCUT2D eigenvalue weighted by atomic mass is 16.5. The number of hydrogen-bond acceptors (Lipinski definition) is 5. The fraction of sp³-hybridized carbons (Fsp3) is 0.333. The molecule has 0 spiro atoms. The molecule has 1 aliphatic heterocycles. The summed E-state index contributed by atoms with van der Waals surface area (Å²) in [4.78, 5) is 24.3. The average Bonchev–Trinajstić information content (AvgIpc) is 2.95. The van der Waals surface area contributed by atoms with Gasteiger partial charge in [0.25, 0.3) is 5.91 Å². The number of rotatable bonds is 6.